The van der Waals surface area contributed by atoms with Gasteiger partial charge in [-0.1, -0.05) is 6.08 Å². The molecule has 2 N–H and O–H groups in total. The van der Waals surface area contributed by atoms with E-state index in [1.54, 1.807) is 19.1 Å². The minimum absolute atomic E-state index is 0.204. The number of amides is 1. The summed E-state index contributed by atoms with van der Waals surface area (Å²) in [6, 6.07) is 1.61. The number of hydrogen-bond acceptors (Lipinski definition) is 4. The van der Waals surface area contributed by atoms with Crippen LogP contribution in [0.1, 0.15) is 37.7 Å². The molecular weight excluding hydrogens is 278 g/mol. The minimum atomic E-state index is -1.00. The Balaban J connectivity index is 2.17. The van der Waals surface area contributed by atoms with Crippen LogP contribution in [0.2, 0.25) is 0 Å². The van der Waals surface area contributed by atoms with E-state index in [0.717, 1.165) is 17.8 Å². The standard InChI is InChI=1S/C14H17NO4S/c1-3-4-14(5-6-19-8-14)15-12(16)10-7-9(2)11(20-10)13(17)18/h3,7H,1,4-6,8H2,2H3,(H,15,16)(H,17,18). The Morgan fingerprint density at radius 2 is 2.40 bits per heavy atom. The second kappa shape index (κ2) is 5.76. The van der Waals surface area contributed by atoms with Crippen LogP contribution in [0.4, 0.5) is 0 Å². The molecular formula is C14H17NO4S. The number of carbonyl (C=O) groups excluding carboxylic acids is 1. The van der Waals surface area contributed by atoms with Gasteiger partial charge in [-0.15, -0.1) is 17.9 Å². The number of carboxylic acids is 1. The molecule has 0 aliphatic carbocycles. The van der Waals surface area contributed by atoms with Crippen molar-refractivity contribution in [1.29, 1.82) is 0 Å². The second-order valence-electron chi connectivity index (χ2n) is 4.96. The number of aromatic carboxylic acids is 1. The van der Waals surface area contributed by atoms with Crippen LogP contribution in [0.3, 0.4) is 0 Å². The van der Waals surface area contributed by atoms with Crippen molar-refractivity contribution in [3.8, 4) is 0 Å². The number of hydrogen-bond donors (Lipinski definition) is 2. The molecule has 5 nitrogen and oxygen atoms in total. The molecule has 2 heterocycles. The van der Waals surface area contributed by atoms with Crippen molar-refractivity contribution in [2.24, 2.45) is 0 Å². The fourth-order valence-electron chi connectivity index (χ4n) is 2.30. The van der Waals surface area contributed by atoms with Gasteiger partial charge in [-0.25, -0.2) is 4.79 Å². The van der Waals surface area contributed by atoms with Crippen molar-refractivity contribution >= 4 is 23.2 Å². The van der Waals surface area contributed by atoms with E-state index in [2.05, 4.69) is 11.9 Å². The lowest BCUT2D eigenvalue weighted by molar-refractivity contribution is 0.0701. The summed E-state index contributed by atoms with van der Waals surface area (Å²) >= 11 is 0.998. The first-order chi connectivity index (χ1) is 9.47. The average Bonchev–Trinajstić information content (AvgIpc) is 2.97. The summed E-state index contributed by atoms with van der Waals surface area (Å²) in [5.74, 6) is -1.26. The summed E-state index contributed by atoms with van der Waals surface area (Å²) in [5.41, 5.74) is 0.188. The molecule has 0 aromatic carbocycles. The Hall–Kier alpha value is -1.66. The van der Waals surface area contributed by atoms with E-state index in [1.165, 1.54) is 0 Å². The van der Waals surface area contributed by atoms with Gasteiger partial charge in [0.05, 0.1) is 17.0 Å². The van der Waals surface area contributed by atoms with Gasteiger partial charge in [-0.3, -0.25) is 4.79 Å². The molecule has 1 amide bonds. The van der Waals surface area contributed by atoms with Crippen LogP contribution in [0.25, 0.3) is 0 Å². The fraction of sp³-hybridized carbons (Fsp3) is 0.429. The molecule has 2 rings (SSSR count). The Morgan fingerprint density at radius 1 is 1.65 bits per heavy atom. The summed E-state index contributed by atoms with van der Waals surface area (Å²) in [7, 11) is 0. The normalized spacial score (nSPS) is 21.6. The number of carboxylic acid groups (broad SMARTS) is 1. The second-order valence-corrected chi connectivity index (χ2v) is 6.01. The number of aryl methyl sites for hydroxylation is 1. The Morgan fingerprint density at radius 3 is 2.90 bits per heavy atom. The molecule has 1 aliphatic rings. The molecule has 1 aromatic rings. The van der Waals surface area contributed by atoms with Crippen LogP contribution in [0.15, 0.2) is 18.7 Å². The highest BCUT2D eigenvalue weighted by Crippen LogP contribution is 2.26. The van der Waals surface area contributed by atoms with E-state index in [1.807, 2.05) is 0 Å². The Bertz CT molecular complexity index is 543. The molecule has 0 radical (unpaired) electrons. The molecule has 6 heteroatoms. The summed E-state index contributed by atoms with van der Waals surface area (Å²) < 4.78 is 5.36. The zero-order valence-electron chi connectivity index (χ0n) is 11.3. The maximum atomic E-state index is 12.3. The van der Waals surface area contributed by atoms with Crippen molar-refractivity contribution < 1.29 is 19.4 Å². The van der Waals surface area contributed by atoms with Gasteiger partial charge in [0.2, 0.25) is 0 Å². The van der Waals surface area contributed by atoms with Crippen molar-refractivity contribution in [3.63, 3.8) is 0 Å². The van der Waals surface area contributed by atoms with Crippen LogP contribution >= 0.6 is 11.3 Å². The third-order valence-electron chi connectivity index (χ3n) is 3.35. The van der Waals surface area contributed by atoms with E-state index in [0.29, 0.717) is 30.1 Å². The van der Waals surface area contributed by atoms with E-state index >= 15 is 0 Å². The molecule has 0 spiro atoms. The number of carbonyl (C=O) groups is 2. The molecule has 1 aliphatic heterocycles. The van der Waals surface area contributed by atoms with Gasteiger partial charge in [-0.05, 0) is 31.4 Å². The van der Waals surface area contributed by atoms with Gasteiger partial charge >= 0.3 is 5.97 Å². The lowest BCUT2D eigenvalue weighted by atomic mass is 9.94. The van der Waals surface area contributed by atoms with Crippen LogP contribution in [0, 0.1) is 6.92 Å². The summed E-state index contributed by atoms with van der Waals surface area (Å²) in [4.78, 5) is 23.9. The molecule has 1 unspecified atom stereocenters. The van der Waals surface area contributed by atoms with Crippen LogP contribution in [0.5, 0.6) is 0 Å². The number of ether oxygens (including phenoxy) is 1. The molecule has 20 heavy (non-hydrogen) atoms. The Kier molecular flexibility index (Phi) is 4.25. The zero-order chi connectivity index (χ0) is 14.8. The van der Waals surface area contributed by atoms with Gasteiger partial charge in [0.1, 0.15) is 4.88 Å². The molecule has 1 fully saturated rings. The maximum Gasteiger partial charge on any atom is 0.346 e. The van der Waals surface area contributed by atoms with Crippen LogP contribution < -0.4 is 5.32 Å². The zero-order valence-corrected chi connectivity index (χ0v) is 12.1. The van der Waals surface area contributed by atoms with Gasteiger partial charge in [0.15, 0.2) is 0 Å². The molecule has 1 saturated heterocycles. The van der Waals surface area contributed by atoms with Crippen LogP contribution in [-0.2, 0) is 4.74 Å². The predicted octanol–water partition coefficient (Wildman–Crippen LogP) is 2.22. The highest BCUT2D eigenvalue weighted by atomic mass is 32.1. The summed E-state index contributed by atoms with van der Waals surface area (Å²) in [6.45, 7) is 6.47. The summed E-state index contributed by atoms with van der Waals surface area (Å²) in [5, 5.41) is 12.0. The topological polar surface area (TPSA) is 75.6 Å². The highest BCUT2D eigenvalue weighted by Gasteiger charge is 2.35. The van der Waals surface area contributed by atoms with Gasteiger partial charge in [0, 0.05) is 6.61 Å². The SMILES string of the molecule is C=CCC1(NC(=O)c2cc(C)c(C(=O)O)s2)CCOC1. The summed E-state index contributed by atoms with van der Waals surface area (Å²) in [6.07, 6.45) is 3.13. The number of thiophene rings is 1. The predicted molar refractivity (Wildman–Crippen MR) is 76.5 cm³/mol. The number of nitrogens with one attached hydrogen (secondary N) is 1. The first-order valence-electron chi connectivity index (χ1n) is 6.32. The maximum absolute atomic E-state index is 12.3. The number of rotatable bonds is 5. The van der Waals surface area contributed by atoms with E-state index < -0.39 is 11.5 Å². The van der Waals surface area contributed by atoms with Gasteiger partial charge in [-0.2, -0.15) is 0 Å². The molecule has 0 bridgehead atoms. The van der Waals surface area contributed by atoms with Crippen molar-refractivity contribution in [3.05, 3.63) is 34.0 Å². The smallest absolute Gasteiger partial charge is 0.346 e. The highest BCUT2D eigenvalue weighted by molar-refractivity contribution is 7.16. The quantitative estimate of drug-likeness (QED) is 0.817. The first-order valence-corrected chi connectivity index (χ1v) is 7.14. The third-order valence-corrected chi connectivity index (χ3v) is 4.58. The molecule has 0 saturated carbocycles. The average molecular weight is 295 g/mol. The third kappa shape index (κ3) is 2.91. The van der Waals surface area contributed by atoms with Crippen molar-refractivity contribution in [2.75, 3.05) is 13.2 Å². The Labute approximate surface area is 121 Å². The minimum Gasteiger partial charge on any atom is -0.477 e. The monoisotopic (exact) mass is 295 g/mol. The molecule has 108 valence electrons. The largest absolute Gasteiger partial charge is 0.477 e. The van der Waals surface area contributed by atoms with Crippen molar-refractivity contribution in [2.45, 2.75) is 25.3 Å². The van der Waals surface area contributed by atoms with Crippen molar-refractivity contribution in [1.82, 2.24) is 5.32 Å². The van der Waals surface area contributed by atoms with E-state index in [4.69, 9.17) is 9.84 Å². The fourth-order valence-corrected chi connectivity index (χ4v) is 3.21. The van der Waals surface area contributed by atoms with E-state index in [-0.39, 0.29) is 10.8 Å². The van der Waals surface area contributed by atoms with Crippen LogP contribution in [-0.4, -0.2) is 35.7 Å². The lowest BCUT2D eigenvalue weighted by Crippen LogP contribution is -2.48. The molecule has 1 atom stereocenters. The lowest BCUT2D eigenvalue weighted by Gasteiger charge is -2.27. The first kappa shape index (κ1) is 14.7. The molecule has 1 aromatic heterocycles. The van der Waals surface area contributed by atoms with Gasteiger partial charge < -0.3 is 15.2 Å². The van der Waals surface area contributed by atoms with Gasteiger partial charge in [0.25, 0.3) is 5.91 Å². The van der Waals surface area contributed by atoms with E-state index in [9.17, 15) is 9.59 Å².